The van der Waals surface area contributed by atoms with Gasteiger partial charge in [0.2, 0.25) is 0 Å². The highest BCUT2D eigenvalue weighted by Gasteiger charge is 2.34. The van der Waals surface area contributed by atoms with Crippen molar-refractivity contribution in [1.29, 1.82) is 0 Å². The molecule has 0 fully saturated rings. The third-order valence-corrected chi connectivity index (χ3v) is 5.59. The fourth-order valence-corrected chi connectivity index (χ4v) is 3.85. The summed E-state index contributed by atoms with van der Waals surface area (Å²) in [6.07, 6.45) is 1.75. The largest absolute Gasteiger partial charge is 0.322 e. The number of amides is 2. The number of hydrogen-bond acceptors (Lipinski definition) is 6. The molecule has 0 aliphatic carbocycles. The lowest BCUT2D eigenvalue weighted by atomic mass is 10.1. The lowest BCUT2D eigenvalue weighted by Gasteiger charge is -2.21. The summed E-state index contributed by atoms with van der Waals surface area (Å²) >= 11 is 0. The summed E-state index contributed by atoms with van der Waals surface area (Å²) in [5.41, 5.74) is 6.09. The SMILES string of the molecule is C=CC.CC(N)(CS(=O)(=O)c1ccc(NC(=O)c2ccccc2)cc1)C(=O)NO. The first kappa shape index (κ1) is 24.0. The number of rotatable bonds is 6. The number of hydrogen-bond donors (Lipinski definition) is 4. The number of benzene rings is 2. The van der Waals surface area contributed by atoms with Gasteiger partial charge in [-0.15, -0.1) is 6.58 Å². The van der Waals surface area contributed by atoms with Crippen LogP contribution in [0, 0.1) is 0 Å². The molecule has 0 bridgehead atoms. The van der Waals surface area contributed by atoms with E-state index in [-0.39, 0.29) is 10.8 Å². The van der Waals surface area contributed by atoms with Crippen molar-refractivity contribution in [3.8, 4) is 0 Å². The maximum atomic E-state index is 12.4. The standard InChI is InChI=1S/C17H19N3O5S.C3H6/c1-17(18,16(22)20-23)11-26(24,25)14-9-7-13(8-10-14)19-15(21)12-5-3-2-4-6-12;1-3-2/h2-10,23H,11,18H2,1H3,(H,19,21)(H,20,22);3H,1H2,2H3. The molecule has 0 saturated carbocycles. The summed E-state index contributed by atoms with van der Waals surface area (Å²) in [5, 5.41) is 11.3. The number of carbonyl (C=O) groups is 2. The van der Waals surface area contributed by atoms with Crippen LogP contribution in [0.2, 0.25) is 0 Å². The van der Waals surface area contributed by atoms with Crippen molar-refractivity contribution in [2.75, 3.05) is 11.1 Å². The zero-order chi connectivity index (χ0) is 22.1. The average Bonchev–Trinajstić information content (AvgIpc) is 2.68. The molecule has 1 atom stereocenters. The molecule has 0 heterocycles. The molecule has 0 aliphatic rings. The molecule has 2 rings (SSSR count). The van der Waals surface area contributed by atoms with E-state index in [0.717, 1.165) is 0 Å². The lowest BCUT2D eigenvalue weighted by Crippen LogP contribution is -2.55. The molecule has 0 spiro atoms. The molecule has 156 valence electrons. The van der Waals surface area contributed by atoms with Crippen LogP contribution in [0.1, 0.15) is 24.2 Å². The van der Waals surface area contributed by atoms with Crippen LogP contribution in [-0.4, -0.2) is 36.7 Å². The minimum Gasteiger partial charge on any atom is -0.322 e. The van der Waals surface area contributed by atoms with Crippen LogP contribution < -0.4 is 16.5 Å². The maximum absolute atomic E-state index is 12.4. The van der Waals surface area contributed by atoms with Crippen molar-refractivity contribution in [3.05, 3.63) is 72.8 Å². The number of hydroxylamine groups is 1. The smallest absolute Gasteiger partial charge is 0.264 e. The quantitative estimate of drug-likeness (QED) is 0.321. The highest BCUT2D eigenvalue weighted by atomic mass is 32.2. The minimum atomic E-state index is -3.88. The maximum Gasteiger partial charge on any atom is 0.264 e. The van der Waals surface area contributed by atoms with E-state index in [9.17, 15) is 18.0 Å². The van der Waals surface area contributed by atoms with E-state index < -0.39 is 27.0 Å². The average molecular weight is 420 g/mol. The topological polar surface area (TPSA) is 139 Å². The third-order valence-electron chi connectivity index (χ3n) is 3.62. The predicted molar refractivity (Wildman–Crippen MR) is 111 cm³/mol. The zero-order valence-corrected chi connectivity index (χ0v) is 17.1. The van der Waals surface area contributed by atoms with Gasteiger partial charge >= 0.3 is 0 Å². The molecule has 1 unspecified atom stereocenters. The Morgan fingerprint density at radius 1 is 1.14 bits per heavy atom. The van der Waals surface area contributed by atoms with Gasteiger partial charge in [-0.3, -0.25) is 14.8 Å². The Morgan fingerprint density at radius 3 is 2.14 bits per heavy atom. The van der Waals surface area contributed by atoms with Gasteiger partial charge in [-0.05, 0) is 50.2 Å². The highest BCUT2D eigenvalue weighted by molar-refractivity contribution is 7.91. The molecule has 0 aromatic heterocycles. The molecule has 29 heavy (non-hydrogen) atoms. The summed E-state index contributed by atoms with van der Waals surface area (Å²) in [5.74, 6) is -2.02. The number of anilines is 1. The normalized spacial score (nSPS) is 12.6. The van der Waals surface area contributed by atoms with Crippen molar-refractivity contribution in [1.82, 2.24) is 5.48 Å². The first-order valence-corrected chi connectivity index (χ1v) is 10.2. The molecule has 2 amide bonds. The first-order valence-electron chi connectivity index (χ1n) is 8.57. The monoisotopic (exact) mass is 419 g/mol. The molecule has 9 heteroatoms. The number of nitrogens with two attached hydrogens (primary N) is 1. The van der Waals surface area contributed by atoms with Crippen LogP contribution in [0.15, 0.2) is 72.1 Å². The molecule has 0 saturated heterocycles. The van der Waals surface area contributed by atoms with E-state index in [1.165, 1.54) is 36.7 Å². The van der Waals surface area contributed by atoms with E-state index in [4.69, 9.17) is 10.9 Å². The molecular weight excluding hydrogens is 394 g/mol. The Labute approximate surface area is 170 Å². The van der Waals surface area contributed by atoms with Crippen molar-refractivity contribution in [2.24, 2.45) is 5.73 Å². The summed E-state index contributed by atoms with van der Waals surface area (Å²) in [7, 11) is -3.88. The minimum absolute atomic E-state index is 0.0578. The summed E-state index contributed by atoms with van der Waals surface area (Å²) in [4.78, 5) is 23.5. The Morgan fingerprint density at radius 2 is 1.66 bits per heavy atom. The van der Waals surface area contributed by atoms with Crippen molar-refractivity contribution in [2.45, 2.75) is 24.3 Å². The van der Waals surface area contributed by atoms with Crippen LogP contribution in [-0.2, 0) is 14.6 Å². The molecule has 5 N–H and O–H groups in total. The first-order chi connectivity index (χ1) is 13.6. The second kappa shape index (κ2) is 10.5. The summed E-state index contributed by atoms with van der Waals surface area (Å²) in [6.45, 7) is 6.45. The van der Waals surface area contributed by atoms with Gasteiger partial charge in [-0.1, -0.05) is 24.3 Å². The number of allylic oxidation sites excluding steroid dienone is 1. The van der Waals surface area contributed by atoms with Crippen LogP contribution in [0.5, 0.6) is 0 Å². The fourth-order valence-electron chi connectivity index (χ4n) is 2.21. The summed E-state index contributed by atoms with van der Waals surface area (Å²) < 4.78 is 24.8. The Bertz CT molecular complexity index is 940. The molecule has 8 nitrogen and oxygen atoms in total. The number of sulfone groups is 1. The molecule has 0 aliphatic heterocycles. The highest BCUT2D eigenvalue weighted by Crippen LogP contribution is 2.19. The molecular formula is C20H25N3O5S. The van der Waals surface area contributed by atoms with Gasteiger partial charge in [0.15, 0.2) is 9.84 Å². The van der Waals surface area contributed by atoms with Crippen LogP contribution >= 0.6 is 0 Å². The lowest BCUT2D eigenvalue weighted by molar-refractivity contribution is -0.133. The zero-order valence-electron chi connectivity index (χ0n) is 16.3. The van der Waals surface area contributed by atoms with Gasteiger partial charge in [0.1, 0.15) is 5.54 Å². The van der Waals surface area contributed by atoms with E-state index in [2.05, 4.69) is 11.9 Å². The van der Waals surface area contributed by atoms with Crippen molar-refractivity contribution in [3.63, 3.8) is 0 Å². The van der Waals surface area contributed by atoms with Crippen molar-refractivity contribution >= 4 is 27.3 Å². The fraction of sp³-hybridized carbons (Fsp3) is 0.200. The Balaban J connectivity index is 0.00000132. The van der Waals surface area contributed by atoms with Gasteiger partial charge in [0.25, 0.3) is 11.8 Å². The Kier molecular flexibility index (Phi) is 8.71. The number of nitrogens with one attached hydrogen (secondary N) is 2. The second-order valence-corrected chi connectivity index (χ2v) is 8.36. The van der Waals surface area contributed by atoms with Crippen LogP contribution in [0.4, 0.5) is 5.69 Å². The van der Waals surface area contributed by atoms with Crippen LogP contribution in [0.25, 0.3) is 0 Å². The van der Waals surface area contributed by atoms with Gasteiger partial charge < -0.3 is 11.1 Å². The molecule has 2 aromatic rings. The van der Waals surface area contributed by atoms with Gasteiger partial charge in [0.05, 0.1) is 10.6 Å². The summed E-state index contributed by atoms with van der Waals surface area (Å²) in [6, 6.07) is 14.1. The number of carbonyl (C=O) groups excluding carboxylic acids is 2. The van der Waals surface area contributed by atoms with E-state index in [0.29, 0.717) is 11.3 Å². The third kappa shape index (κ3) is 7.15. The van der Waals surface area contributed by atoms with E-state index in [1.54, 1.807) is 36.4 Å². The predicted octanol–water partition coefficient (Wildman–Crippen LogP) is 2.13. The molecule has 0 radical (unpaired) electrons. The van der Waals surface area contributed by atoms with Gasteiger partial charge in [-0.25, -0.2) is 13.9 Å². The van der Waals surface area contributed by atoms with Gasteiger partial charge in [0, 0.05) is 11.3 Å². The van der Waals surface area contributed by atoms with Gasteiger partial charge in [-0.2, -0.15) is 0 Å². The van der Waals surface area contributed by atoms with E-state index >= 15 is 0 Å². The van der Waals surface area contributed by atoms with Crippen LogP contribution in [0.3, 0.4) is 0 Å². The molecule has 2 aromatic carbocycles. The van der Waals surface area contributed by atoms with Crippen molar-refractivity contribution < 1.29 is 23.2 Å². The second-order valence-electron chi connectivity index (χ2n) is 6.37. The van der Waals surface area contributed by atoms with E-state index in [1.807, 2.05) is 6.92 Å². The Hall–Kier alpha value is -3.01.